The molecule has 0 spiro atoms. The van der Waals surface area contributed by atoms with E-state index < -0.39 is 6.04 Å². The number of ether oxygens (including phenoxy) is 2. The molecule has 0 aliphatic heterocycles. The third-order valence-electron chi connectivity index (χ3n) is 3.54. The summed E-state index contributed by atoms with van der Waals surface area (Å²) in [5.74, 6) is 0.777. The van der Waals surface area contributed by atoms with Gasteiger partial charge in [0.1, 0.15) is 11.8 Å². The predicted octanol–water partition coefficient (Wildman–Crippen LogP) is 2.75. The number of carbonyl (C=O) groups excluding carboxylic acids is 1. The second-order valence-corrected chi connectivity index (χ2v) is 5.46. The fourth-order valence-corrected chi connectivity index (χ4v) is 2.22. The Hall–Kier alpha value is -3.22. The van der Waals surface area contributed by atoms with Gasteiger partial charge >= 0.3 is 0 Å². The topological polar surface area (TPSA) is 92.2 Å². The molecule has 0 fully saturated rings. The first-order valence-corrected chi connectivity index (χ1v) is 8.23. The van der Waals surface area contributed by atoms with Crippen LogP contribution < -0.4 is 20.2 Å². The average molecular weight is 357 g/mol. The number of amides is 1. The number of rotatable bonds is 8. The molecule has 1 amide bonds. The van der Waals surface area contributed by atoms with Crippen LogP contribution >= 0.6 is 0 Å². The number of phenols is 1. The van der Waals surface area contributed by atoms with E-state index in [1.54, 1.807) is 26.2 Å². The van der Waals surface area contributed by atoms with Crippen LogP contribution in [0, 0.1) is 0 Å². The van der Waals surface area contributed by atoms with Crippen LogP contribution in [0.15, 0.2) is 47.6 Å². The van der Waals surface area contributed by atoms with E-state index in [-0.39, 0.29) is 11.7 Å². The van der Waals surface area contributed by atoms with Gasteiger partial charge in [-0.2, -0.15) is 5.10 Å². The zero-order valence-electron chi connectivity index (χ0n) is 15.0. The molecule has 26 heavy (non-hydrogen) atoms. The Morgan fingerprint density at radius 2 is 2.04 bits per heavy atom. The van der Waals surface area contributed by atoms with Gasteiger partial charge in [0.25, 0.3) is 5.91 Å². The van der Waals surface area contributed by atoms with Crippen molar-refractivity contribution in [3.8, 4) is 17.2 Å². The van der Waals surface area contributed by atoms with E-state index in [2.05, 4.69) is 15.8 Å². The van der Waals surface area contributed by atoms with Crippen LogP contribution in [0.2, 0.25) is 0 Å². The lowest BCUT2D eigenvalue weighted by Crippen LogP contribution is -2.35. The number of carbonyl (C=O) groups is 1. The SMILES string of the molecule is CCOc1ccc(/C=N\NC(=O)[C@H](C)Nc2ccccc2OC)cc1O. The first-order valence-electron chi connectivity index (χ1n) is 8.23. The number of hydrogen-bond acceptors (Lipinski definition) is 6. The molecule has 2 aromatic rings. The van der Waals surface area contributed by atoms with Crippen molar-refractivity contribution in [3.05, 3.63) is 48.0 Å². The second kappa shape index (κ2) is 9.31. The van der Waals surface area contributed by atoms with Crippen molar-refractivity contribution in [1.82, 2.24) is 5.43 Å². The van der Waals surface area contributed by atoms with E-state index in [1.165, 1.54) is 12.3 Å². The number of methoxy groups -OCH3 is 1. The number of aromatic hydroxyl groups is 1. The van der Waals surface area contributed by atoms with Gasteiger partial charge in [-0.1, -0.05) is 12.1 Å². The van der Waals surface area contributed by atoms with Crippen LogP contribution in [0.4, 0.5) is 5.69 Å². The summed E-state index contributed by atoms with van der Waals surface area (Å²) < 4.78 is 10.5. The minimum absolute atomic E-state index is 0.0216. The summed E-state index contributed by atoms with van der Waals surface area (Å²) in [5, 5.41) is 16.8. The average Bonchev–Trinajstić information content (AvgIpc) is 2.64. The normalized spacial score (nSPS) is 11.8. The van der Waals surface area contributed by atoms with Crippen molar-refractivity contribution in [2.75, 3.05) is 19.0 Å². The molecule has 1 atom stereocenters. The van der Waals surface area contributed by atoms with Crippen LogP contribution in [-0.4, -0.2) is 37.0 Å². The van der Waals surface area contributed by atoms with E-state index in [0.717, 1.165) is 5.69 Å². The van der Waals surface area contributed by atoms with Crippen molar-refractivity contribution in [1.29, 1.82) is 0 Å². The first-order chi connectivity index (χ1) is 12.5. The second-order valence-electron chi connectivity index (χ2n) is 5.46. The summed E-state index contributed by atoms with van der Waals surface area (Å²) in [4.78, 5) is 12.1. The monoisotopic (exact) mass is 357 g/mol. The van der Waals surface area contributed by atoms with Crippen molar-refractivity contribution in [3.63, 3.8) is 0 Å². The van der Waals surface area contributed by atoms with Crippen LogP contribution in [0.25, 0.3) is 0 Å². The van der Waals surface area contributed by atoms with Gasteiger partial charge in [0, 0.05) is 0 Å². The van der Waals surface area contributed by atoms with E-state index in [4.69, 9.17) is 9.47 Å². The highest BCUT2D eigenvalue weighted by molar-refractivity contribution is 5.87. The molecule has 0 saturated heterocycles. The number of hydrogen-bond donors (Lipinski definition) is 3. The molecule has 0 unspecified atom stereocenters. The summed E-state index contributed by atoms with van der Waals surface area (Å²) in [5.41, 5.74) is 3.82. The lowest BCUT2D eigenvalue weighted by molar-refractivity contribution is -0.121. The smallest absolute Gasteiger partial charge is 0.262 e. The summed E-state index contributed by atoms with van der Waals surface area (Å²) in [7, 11) is 1.57. The number of para-hydroxylation sites is 2. The Bertz CT molecular complexity index is 777. The van der Waals surface area contributed by atoms with Gasteiger partial charge in [-0.3, -0.25) is 4.79 Å². The van der Waals surface area contributed by atoms with E-state index >= 15 is 0 Å². The standard InChI is InChI=1S/C19H23N3O4/c1-4-26-18-10-9-14(11-16(18)23)12-20-22-19(24)13(2)21-15-7-5-6-8-17(15)25-3/h5-13,21,23H,4H2,1-3H3,(H,22,24)/b20-12-/t13-/m0/s1. The molecular weight excluding hydrogens is 334 g/mol. The molecule has 0 aliphatic rings. The molecule has 3 N–H and O–H groups in total. The third kappa shape index (κ3) is 5.14. The fourth-order valence-electron chi connectivity index (χ4n) is 2.22. The zero-order chi connectivity index (χ0) is 18.9. The van der Waals surface area contributed by atoms with Crippen molar-refractivity contribution in [2.24, 2.45) is 5.10 Å². The molecule has 0 aromatic heterocycles. The largest absolute Gasteiger partial charge is 0.504 e. The summed E-state index contributed by atoms with van der Waals surface area (Å²) >= 11 is 0. The summed E-state index contributed by atoms with van der Waals surface area (Å²) in [6.45, 7) is 4.03. The Kier molecular flexibility index (Phi) is 6.84. The number of phenolic OH excluding ortho intramolecular Hbond substituents is 1. The highest BCUT2D eigenvalue weighted by Crippen LogP contribution is 2.26. The van der Waals surface area contributed by atoms with Gasteiger partial charge in [-0.15, -0.1) is 0 Å². The summed E-state index contributed by atoms with van der Waals surface area (Å²) in [6, 6.07) is 11.7. The molecule has 7 nitrogen and oxygen atoms in total. The van der Waals surface area contributed by atoms with Crippen molar-refractivity contribution in [2.45, 2.75) is 19.9 Å². The minimum atomic E-state index is -0.516. The van der Waals surface area contributed by atoms with E-state index in [1.807, 2.05) is 31.2 Å². The van der Waals surface area contributed by atoms with Crippen LogP contribution in [0.5, 0.6) is 17.2 Å². The molecule has 7 heteroatoms. The fraction of sp³-hybridized carbons (Fsp3) is 0.263. The molecule has 0 bridgehead atoms. The van der Waals surface area contributed by atoms with Crippen molar-refractivity contribution < 1.29 is 19.4 Å². The molecule has 2 aromatic carbocycles. The van der Waals surface area contributed by atoms with Crippen LogP contribution in [0.3, 0.4) is 0 Å². The molecule has 0 heterocycles. The molecule has 0 radical (unpaired) electrons. The summed E-state index contributed by atoms with van der Waals surface area (Å²) in [6.07, 6.45) is 1.45. The van der Waals surface area contributed by atoms with Gasteiger partial charge in [0.15, 0.2) is 11.5 Å². The zero-order valence-corrected chi connectivity index (χ0v) is 15.0. The van der Waals surface area contributed by atoms with E-state index in [9.17, 15) is 9.90 Å². The van der Waals surface area contributed by atoms with Gasteiger partial charge in [0.05, 0.1) is 25.6 Å². The van der Waals surface area contributed by atoms with Gasteiger partial charge in [0.2, 0.25) is 0 Å². The Morgan fingerprint density at radius 3 is 2.73 bits per heavy atom. The van der Waals surface area contributed by atoms with Crippen LogP contribution in [-0.2, 0) is 4.79 Å². The molecule has 2 rings (SSSR count). The van der Waals surface area contributed by atoms with Crippen molar-refractivity contribution >= 4 is 17.8 Å². The molecule has 0 saturated carbocycles. The molecular formula is C19H23N3O4. The number of benzene rings is 2. The highest BCUT2D eigenvalue weighted by atomic mass is 16.5. The quantitative estimate of drug-likeness (QED) is 0.499. The third-order valence-corrected chi connectivity index (χ3v) is 3.54. The predicted molar refractivity (Wildman–Crippen MR) is 101 cm³/mol. The highest BCUT2D eigenvalue weighted by Gasteiger charge is 2.13. The maximum Gasteiger partial charge on any atom is 0.262 e. The minimum Gasteiger partial charge on any atom is -0.504 e. The maximum atomic E-state index is 12.1. The van der Waals surface area contributed by atoms with Gasteiger partial charge in [-0.25, -0.2) is 5.43 Å². The lowest BCUT2D eigenvalue weighted by Gasteiger charge is -2.15. The number of nitrogens with one attached hydrogen (secondary N) is 2. The Labute approximate surface area is 152 Å². The lowest BCUT2D eigenvalue weighted by atomic mass is 10.2. The Balaban J connectivity index is 1.93. The first kappa shape index (κ1) is 19.1. The number of anilines is 1. The molecule has 0 aliphatic carbocycles. The number of nitrogens with zero attached hydrogens (tertiary/aromatic N) is 1. The van der Waals surface area contributed by atoms with Gasteiger partial charge < -0.3 is 19.9 Å². The maximum absolute atomic E-state index is 12.1. The molecule has 138 valence electrons. The van der Waals surface area contributed by atoms with Gasteiger partial charge in [-0.05, 0) is 49.7 Å². The number of hydrazone groups is 1. The van der Waals surface area contributed by atoms with E-state index in [0.29, 0.717) is 23.7 Å². The Morgan fingerprint density at radius 1 is 1.27 bits per heavy atom. The van der Waals surface area contributed by atoms with Crippen LogP contribution in [0.1, 0.15) is 19.4 Å².